The second-order valence-corrected chi connectivity index (χ2v) is 7.83. The molecule has 0 unspecified atom stereocenters. The van der Waals surface area contributed by atoms with E-state index in [9.17, 15) is 8.42 Å². The zero-order chi connectivity index (χ0) is 14.3. The van der Waals surface area contributed by atoms with Gasteiger partial charge in [-0.25, -0.2) is 13.4 Å². The highest BCUT2D eigenvalue weighted by atomic mass is 32.2. The Morgan fingerprint density at radius 2 is 2.05 bits per heavy atom. The maximum atomic E-state index is 12.4. The molecule has 1 N–H and O–H groups in total. The summed E-state index contributed by atoms with van der Waals surface area (Å²) in [5, 5.41) is 0.178. The Hall–Kier alpha value is -1.14. The molecule has 0 radical (unpaired) electrons. The number of hydrogen-bond donors (Lipinski definition) is 1. The van der Waals surface area contributed by atoms with Crippen LogP contribution in [0.25, 0.3) is 0 Å². The average Bonchev–Trinajstić information content (AvgIpc) is 2.76. The Kier molecular flexibility index (Phi) is 3.57. The second kappa shape index (κ2) is 4.76. The van der Waals surface area contributed by atoms with Crippen LogP contribution in [0.1, 0.15) is 33.0 Å². The number of rotatable bonds is 2. The molecule has 6 heteroatoms. The molecule has 106 valence electrons. The summed E-state index contributed by atoms with van der Waals surface area (Å²) in [6.07, 6.45) is 4.20. The van der Waals surface area contributed by atoms with Gasteiger partial charge >= 0.3 is 0 Å². The van der Waals surface area contributed by atoms with Crippen LogP contribution in [0.5, 0.6) is 0 Å². The minimum atomic E-state index is -3.44. The zero-order valence-electron chi connectivity index (χ0n) is 11.9. The van der Waals surface area contributed by atoms with Crippen LogP contribution < -0.4 is 0 Å². The lowest BCUT2D eigenvalue weighted by Crippen LogP contribution is -2.36. The first-order valence-corrected chi connectivity index (χ1v) is 7.86. The van der Waals surface area contributed by atoms with Gasteiger partial charge in [-0.2, -0.15) is 4.31 Å². The van der Waals surface area contributed by atoms with Gasteiger partial charge in [-0.15, -0.1) is 0 Å². The van der Waals surface area contributed by atoms with Gasteiger partial charge in [0.05, 0.1) is 6.20 Å². The maximum Gasteiger partial charge on any atom is 0.260 e. The van der Waals surface area contributed by atoms with Gasteiger partial charge in [-0.3, -0.25) is 0 Å². The van der Waals surface area contributed by atoms with E-state index in [0.717, 1.165) is 6.42 Å². The van der Waals surface area contributed by atoms with Crippen LogP contribution in [0.3, 0.4) is 0 Å². The number of hydrogen-bond acceptors (Lipinski definition) is 3. The van der Waals surface area contributed by atoms with E-state index in [2.05, 4.69) is 30.7 Å². The van der Waals surface area contributed by atoms with Crippen molar-refractivity contribution in [2.24, 2.45) is 5.41 Å². The molecule has 0 aliphatic carbocycles. The highest BCUT2D eigenvalue weighted by Gasteiger charge is 2.29. The Morgan fingerprint density at radius 1 is 1.37 bits per heavy atom. The molecule has 0 spiro atoms. The predicted octanol–water partition coefficient (Wildman–Crippen LogP) is 2.09. The Labute approximate surface area is 114 Å². The van der Waals surface area contributed by atoms with E-state index in [1.54, 1.807) is 6.92 Å². The molecular weight excluding hydrogens is 262 g/mol. The quantitative estimate of drug-likeness (QED) is 0.845. The Balaban J connectivity index is 2.20. The molecule has 1 aliphatic heterocycles. The lowest BCUT2D eigenvalue weighted by Gasteiger charge is -2.31. The number of aromatic nitrogens is 2. The van der Waals surface area contributed by atoms with Crippen molar-refractivity contribution in [2.45, 2.75) is 39.1 Å². The van der Waals surface area contributed by atoms with Gasteiger partial charge in [0, 0.05) is 13.1 Å². The van der Waals surface area contributed by atoms with Gasteiger partial charge in [-0.05, 0) is 18.8 Å². The van der Waals surface area contributed by atoms with Crippen molar-refractivity contribution >= 4 is 10.0 Å². The number of nitrogens with one attached hydrogen (secondary N) is 1. The molecule has 1 aliphatic rings. The van der Waals surface area contributed by atoms with E-state index in [4.69, 9.17) is 0 Å². The molecule has 0 bridgehead atoms. The SMILES string of the molecule is Cc1ncc(S(=O)(=O)N2CC=C(C(C)(C)C)CC2)[nH]1. The van der Waals surface area contributed by atoms with Crippen LogP contribution in [0.2, 0.25) is 0 Å². The molecule has 0 saturated heterocycles. The largest absolute Gasteiger partial charge is 0.332 e. The van der Waals surface area contributed by atoms with Crippen molar-refractivity contribution in [1.82, 2.24) is 14.3 Å². The van der Waals surface area contributed by atoms with E-state index in [-0.39, 0.29) is 10.4 Å². The number of sulfonamides is 1. The van der Waals surface area contributed by atoms with Crippen LogP contribution in [-0.2, 0) is 10.0 Å². The molecule has 5 nitrogen and oxygen atoms in total. The first kappa shape index (κ1) is 14.3. The molecule has 2 heterocycles. The monoisotopic (exact) mass is 283 g/mol. The fourth-order valence-electron chi connectivity index (χ4n) is 2.22. The van der Waals surface area contributed by atoms with Gasteiger partial charge in [-0.1, -0.05) is 32.4 Å². The minimum Gasteiger partial charge on any atom is -0.332 e. The van der Waals surface area contributed by atoms with Crippen molar-refractivity contribution < 1.29 is 8.42 Å². The van der Waals surface area contributed by atoms with Crippen LogP contribution in [0.15, 0.2) is 22.9 Å². The van der Waals surface area contributed by atoms with Crippen LogP contribution in [0.4, 0.5) is 0 Å². The highest BCUT2D eigenvalue weighted by Crippen LogP contribution is 2.31. The van der Waals surface area contributed by atoms with Gasteiger partial charge in [0.2, 0.25) is 0 Å². The van der Waals surface area contributed by atoms with Gasteiger partial charge in [0.25, 0.3) is 10.0 Å². The molecule has 2 rings (SSSR count). The Morgan fingerprint density at radius 3 is 2.47 bits per heavy atom. The normalized spacial score (nSPS) is 18.4. The standard InChI is InChI=1S/C13H21N3O2S/c1-10-14-9-12(15-10)19(17,18)16-7-5-11(6-8-16)13(2,3)4/h5,9H,6-8H2,1-4H3,(H,14,15). The fraction of sp³-hybridized carbons (Fsp3) is 0.615. The van der Waals surface area contributed by atoms with Crippen LogP contribution in [0, 0.1) is 12.3 Å². The van der Waals surface area contributed by atoms with Crippen molar-refractivity contribution in [2.75, 3.05) is 13.1 Å². The van der Waals surface area contributed by atoms with Gasteiger partial charge in [0.1, 0.15) is 5.82 Å². The fourth-order valence-corrected chi connectivity index (χ4v) is 3.56. The lowest BCUT2D eigenvalue weighted by molar-refractivity contribution is 0.388. The summed E-state index contributed by atoms with van der Waals surface area (Å²) in [5.74, 6) is 0.613. The summed E-state index contributed by atoms with van der Waals surface area (Å²) in [6, 6.07) is 0. The molecule has 0 amide bonds. The number of aromatic amines is 1. The number of aryl methyl sites for hydroxylation is 1. The predicted molar refractivity (Wildman–Crippen MR) is 74.2 cm³/mol. The summed E-state index contributed by atoms with van der Waals surface area (Å²) < 4.78 is 26.3. The summed E-state index contributed by atoms with van der Waals surface area (Å²) in [6.45, 7) is 9.17. The highest BCUT2D eigenvalue weighted by molar-refractivity contribution is 7.89. The molecular formula is C13H21N3O2S. The van der Waals surface area contributed by atoms with E-state index >= 15 is 0 Å². The molecule has 1 aromatic heterocycles. The summed E-state index contributed by atoms with van der Waals surface area (Å²) >= 11 is 0. The van der Waals surface area contributed by atoms with Crippen LogP contribution in [-0.4, -0.2) is 35.8 Å². The molecule has 19 heavy (non-hydrogen) atoms. The number of H-pyrrole nitrogens is 1. The smallest absolute Gasteiger partial charge is 0.260 e. The minimum absolute atomic E-state index is 0.112. The third kappa shape index (κ3) is 2.90. The van der Waals surface area contributed by atoms with Gasteiger partial charge in [0.15, 0.2) is 5.03 Å². The molecule has 0 saturated carbocycles. The van der Waals surface area contributed by atoms with Crippen LogP contribution >= 0.6 is 0 Å². The van der Waals surface area contributed by atoms with E-state index in [0.29, 0.717) is 18.9 Å². The lowest BCUT2D eigenvalue weighted by atomic mass is 9.83. The first-order chi connectivity index (χ1) is 8.71. The third-order valence-corrected chi connectivity index (χ3v) is 5.21. The van der Waals surface area contributed by atoms with Gasteiger partial charge < -0.3 is 4.98 Å². The van der Waals surface area contributed by atoms with Crippen molar-refractivity contribution in [3.8, 4) is 0 Å². The summed E-state index contributed by atoms with van der Waals surface area (Å²) in [4.78, 5) is 6.75. The first-order valence-electron chi connectivity index (χ1n) is 6.42. The summed E-state index contributed by atoms with van der Waals surface area (Å²) in [7, 11) is -3.44. The van der Waals surface area contributed by atoms with Crippen molar-refractivity contribution in [3.63, 3.8) is 0 Å². The molecule has 0 fully saturated rings. The van der Waals surface area contributed by atoms with Crippen molar-refractivity contribution in [3.05, 3.63) is 23.7 Å². The Bertz CT molecular complexity index is 594. The second-order valence-electron chi connectivity index (χ2n) is 5.93. The average molecular weight is 283 g/mol. The molecule has 1 aromatic rings. The topological polar surface area (TPSA) is 66.1 Å². The number of imidazole rings is 1. The van der Waals surface area contributed by atoms with E-state index < -0.39 is 10.0 Å². The van der Waals surface area contributed by atoms with Crippen molar-refractivity contribution in [1.29, 1.82) is 0 Å². The number of nitrogens with zero attached hydrogens (tertiary/aromatic N) is 2. The third-order valence-electron chi connectivity index (χ3n) is 3.43. The maximum absolute atomic E-state index is 12.4. The summed E-state index contributed by atoms with van der Waals surface area (Å²) in [5.41, 5.74) is 1.43. The van der Waals surface area contributed by atoms with E-state index in [1.165, 1.54) is 16.1 Å². The molecule has 0 aromatic carbocycles. The zero-order valence-corrected chi connectivity index (χ0v) is 12.7. The molecule has 0 atom stereocenters. The van der Waals surface area contributed by atoms with E-state index in [1.807, 2.05) is 6.08 Å².